The monoisotopic (exact) mass is 828 g/mol. The molecule has 0 saturated heterocycles. The number of benzene rings is 4. The standard InChI is InChI=1S/C24H17N2O.C21H20N.Ir/c1-2-7-17(8-3-1)12-13-18-14-15-20-19-9-6-10-21(22-11-4-5-16-25-22)23(19)27-24(20)26-18;1-14-5-8-18(9-6-14)21-12-20(17(4)13-22-21)19-10-7-15(2)11-16(19)3;/h1-9,11,14-16H,12-13H2;5-8,10-13H,1-4H3;/q2*-1;. The van der Waals surface area contributed by atoms with Gasteiger partial charge < -0.3 is 14.4 Å². The molecule has 0 aliphatic rings. The molecule has 4 nitrogen and oxygen atoms in total. The molecule has 0 amide bonds. The summed E-state index contributed by atoms with van der Waals surface area (Å²) in [5.41, 5.74) is 15.1. The molecule has 0 N–H and O–H groups in total. The fraction of sp³-hybridized carbons (Fsp3) is 0.133. The Kier molecular flexibility index (Phi) is 10.8. The van der Waals surface area contributed by atoms with Crippen LogP contribution in [0.25, 0.3) is 55.7 Å². The van der Waals surface area contributed by atoms with E-state index in [0.717, 1.165) is 57.4 Å². The van der Waals surface area contributed by atoms with E-state index < -0.39 is 0 Å². The predicted octanol–water partition coefficient (Wildman–Crippen LogP) is 11.1. The van der Waals surface area contributed by atoms with Gasteiger partial charge in [0.2, 0.25) is 5.71 Å². The second-order valence-corrected chi connectivity index (χ2v) is 12.5. The second kappa shape index (κ2) is 15.6. The summed E-state index contributed by atoms with van der Waals surface area (Å²) in [6, 6.07) is 46.0. The van der Waals surface area contributed by atoms with Gasteiger partial charge in [0.05, 0.1) is 5.58 Å². The van der Waals surface area contributed by atoms with Crippen molar-refractivity contribution >= 4 is 22.1 Å². The molecule has 8 rings (SSSR count). The molecule has 4 heterocycles. The summed E-state index contributed by atoms with van der Waals surface area (Å²) in [6.07, 6.45) is 5.59. The largest absolute Gasteiger partial charge is 0.486 e. The summed E-state index contributed by atoms with van der Waals surface area (Å²) in [4.78, 5) is 13.8. The quantitative estimate of drug-likeness (QED) is 0.157. The van der Waals surface area contributed by atoms with Gasteiger partial charge in [0.1, 0.15) is 0 Å². The smallest absolute Gasteiger partial charge is 0.216 e. The molecule has 0 unspecified atom stereocenters. The molecule has 5 heteroatoms. The Morgan fingerprint density at radius 2 is 1.46 bits per heavy atom. The molecule has 0 fully saturated rings. The molecule has 0 atom stereocenters. The molecule has 0 aliphatic heterocycles. The average Bonchev–Trinajstić information content (AvgIpc) is 3.51. The summed E-state index contributed by atoms with van der Waals surface area (Å²) < 4.78 is 6.15. The molecule has 4 aromatic carbocycles. The van der Waals surface area contributed by atoms with Crippen LogP contribution in [0.4, 0.5) is 0 Å². The maximum atomic E-state index is 6.15. The van der Waals surface area contributed by atoms with E-state index in [0.29, 0.717) is 5.71 Å². The van der Waals surface area contributed by atoms with E-state index in [2.05, 4.69) is 123 Å². The van der Waals surface area contributed by atoms with E-state index in [4.69, 9.17) is 9.40 Å². The van der Waals surface area contributed by atoms with Gasteiger partial charge in [-0.25, -0.2) is 4.98 Å². The average molecular weight is 828 g/mol. The Labute approximate surface area is 307 Å². The van der Waals surface area contributed by atoms with E-state index in [1.54, 1.807) is 6.20 Å². The van der Waals surface area contributed by atoms with Gasteiger partial charge in [-0.15, -0.1) is 53.6 Å². The first-order chi connectivity index (χ1) is 23.9. The van der Waals surface area contributed by atoms with Crippen molar-refractivity contribution in [2.75, 3.05) is 0 Å². The van der Waals surface area contributed by atoms with E-state index >= 15 is 0 Å². The van der Waals surface area contributed by atoms with Crippen LogP contribution in [0.5, 0.6) is 0 Å². The number of pyridine rings is 3. The van der Waals surface area contributed by atoms with Gasteiger partial charge in [0.25, 0.3) is 0 Å². The van der Waals surface area contributed by atoms with Crippen LogP contribution in [-0.2, 0) is 32.9 Å². The number of furan rings is 1. The van der Waals surface area contributed by atoms with E-state index in [9.17, 15) is 0 Å². The number of nitrogens with zero attached hydrogens (tertiary/aromatic N) is 3. The normalized spacial score (nSPS) is 10.8. The summed E-state index contributed by atoms with van der Waals surface area (Å²) in [7, 11) is 0. The minimum absolute atomic E-state index is 0. The number of aromatic nitrogens is 3. The van der Waals surface area contributed by atoms with E-state index in [1.807, 2.05) is 48.7 Å². The van der Waals surface area contributed by atoms with Gasteiger partial charge in [-0.05, 0) is 91.0 Å². The number of aryl methyl sites for hydroxylation is 6. The van der Waals surface area contributed by atoms with Crippen molar-refractivity contribution in [2.24, 2.45) is 0 Å². The zero-order valence-corrected chi connectivity index (χ0v) is 31.0. The van der Waals surface area contributed by atoms with Crippen LogP contribution in [0.3, 0.4) is 0 Å². The number of fused-ring (bicyclic) bond motifs is 3. The van der Waals surface area contributed by atoms with Crippen molar-refractivity contribution in [1.29, 1.82) is 0 Å². The summed E-state index contributed by atoms with van der Waals surface area (Å²) >= 11 is 0. The van der Waals surface area contributed by atoms with Gasteiger partial charge in [-0.3, -0.25) is 0 Å². The Hall–Kier alpha value is -5.22. The molecule has 0 aliphatic carbocycles. The molecule has 1 radical (unpaired) electrons. The molecule has 4 aromatic heterocycles. The van der Waals surface area contributed by atoms with Crippen LogP contribution >= 0.6 is 0 Å². The predicted molar refractivity (Wildman–Crippen MR) is 200 cm³/mol. The molecule has 0 bridgehead atoms. The summed E-state index contributed by atoms with van der Waals surface area (Å²) in [5, 5.41) is 2.08. The summed E-state index contributed by atoms with van der Waals surface area (Å²) in [6.45, 7) is 8.48. The SMILES string of the molecule is Cc1c[c-]c(-c2cc(-c3ccc(C)cc3C)c(C)cn2)cc1.[Ir].[c-]1ccc2c(oc3nc(CCc4ccccc4)ccc32)c1-c1ccccn1. The number of rotatable bonds is 6. The van der Waals surface area contributed by atoms with Gasteiger partial charge in [0, 0.05) is 43.6 Å². The Morgan fingerprint density at radius 1 is 0.640 bits per heavy atom. The van der Waals surface area contributed by atoms with Crippen molar-refractivity contribution < 1.29 is 24.5 Å². The van der Waals surface area contributed by atoms with Gasteiger partial charge in [-0.2, -0.15) is 0 Å². The maximum absolute atomic E-state index is 6.15. The van der Waals surface area contributed by atoms with Crippen molar-refractivity contribution in [3.63, 3.8) is 0 Å². The fourth-order valence-electron chi connectivity index (χ4n) is 6.16. The zero-order chi connectivity index (χ0) is 33.7. The number of hydrogen-bond donors (Lipinski definition) is 0. The molecule has 0 spiro atoms. The third-order valence-corrected chi connectivity index (χ3v) is 8.81. The Morgan fingerprint density at radius 3 is 2.22 bits per heavy atom. The first-order valence-electron chi connectivity index (χ1n) is 16.6. The molecule has 50 heavy (non-hydrogen) atoms. The Bertz CT molecular complexity index is 2370. The summed E-state index contributed by atoms with van der Waals surface area (Å²) in [5.74, 6) is 0. The number of hydrogen-bond acceptors (Lipinski definition) is 4. The topological polar surface area (TPSA) is 51.8 Å². The minimum Gasteiger partial charge on any atom is -0.486 e. The third kappa shape index (κ3) is 7.65. The van der Waals surface area contributed by atoms with Crippen LogP contribution in [0, 0.1) is 39.8 Å². The Balaban J connectivity index is 0.000000173. The first kappa shape index (κ1) is 34.6. The molecule has 249 valence electrons. The second-order valence-electron chi connectivity index (χ2n) is 12.5. The van der Waals surface area contributed by atoms with E-state index in [-0.39, 0.29) is 20.1 Å². The minimum atomic E-state index is 0. The van der Waals surface area contributed by atoms with Crippen molar-refractivity contribution in [3.8, 4) is 33.6 Å². The van der Waals surface area contributed by atoms with Crippen molar-refractivity contribution in [1.82, 2.24) is 15.0 Å². The van der Waals surface area contributed by atoms with Crippen LogP contribution in [0.1, 0.15) is 33.5 Å². The molecular formula is C45H37IrN3O-2. The molecular weight excluding hydrogens is 791 g/mol. The molecule has 8 aromatic rings. The van der Waals surface area contributed by atoms with Gasteiger partial charge in [-0.1, -0.05) is 90.2 Å². The third-order valence-electron chi connectivity index (χ3n) is 8.81. The van der Waals surface area contributed by atoms with Gasteiger partial charge in [0.15, 0.2) is 0 Å². The van der Waals surface area contributed by atoms with Crippen LogP contribution in [0.2, 0.25) is 0 Å². The van der Waals surface area contributed by atoms with Crippen LogP contribution in [0.15, 0.2) is 132 Å². The fourth-order valence-corrected chi connectivity index (χ4v) is 6.16. The van der Waals surface area contributed by atoms with Crippen molar-refractivity contribution in [2.45, 2.75) is 40.5 Å². The van der Waals surface area contributed by atoms with Crippen molar-refractivity contribution in [3.05, 3.63) is 173 Å². The maximum Gasteiger partial charge on any atom is 0.216 e. The zero-order valence-electron chi connectivity index (χ0n) is 28.6. The molecule has 0 saturated carbocycles. The van der Waals surface area contributed by atoms with Crippen LogP contribution < -0.4 is 0 Å². The van der Waals surface area contributed by atoms with Crippen LogP contribution in [-0.4, -0.2) is 15.0 Å². The van der Waals surface area contributed by atoms with E-state index in [1.165, 1.54) is 38.9 Å². The van der Waals surface area contributed by atoms with Gasteiger partial charge >= 0.3 is 0 Å². The first-order valence-corrected chi connectivity index (χ1v) is 16.6.